The topological polar surface area (TPSA) is 42.0 Å². The van der Waals surface area contributed by atoms with E-state index < -0.39 is 0 Å². The molecule has 3 rings (SSSR count). The average Bonchev–Trinajstić information content (AvgIpc) is 2.94. The molecule has 3 aromatic rings. The van der Waals surface area contributed by atoms with E-state index in [1.165, 1.54) is 16.9 Å². The number of benzene rings is 2. The number of hydrogen-bond acceptors (Lipinski definition) is 3. The van der Waals surface area contributed by atoms with Crippen LogP contribution in [0.15, 0.2) is 60.7 Å². The van der Waals surface area contributed by atoms with Gasteiger partial charge in [-0.3, -0.25) is 4.79 Å². The lowest BCUT2D eigenvalue weighted by Crippen LogP contribution is -2.29. The Kier molecular flexibility index (Phi) is 5.06. The van der Waals surface area contributed by atoms with E-state index in [9.17, 15) is 4.79 Å². The summed E-state index contributed by atoms with van der Waals surface area (Å²) in [6.45, 7) is 3.81. The molecule has 0 spiro atoms. The van der Waals surface area contributed by atoms with Crippen LogP contribution in [0.5, 0.6) is 0 Å². The average molecular weight is 336 g/mol. The number of aromatic nitrogens is 1. The summed E-state index contributed by atoms with van der Waals surface area (Å²) in [5.41, 5.74) is 3.10. The van der Waals surface area contributed by atoms with Crippen molar-refractivity contribution < 1.29 is 4.79 Å². The Morgan fingerprint density at radius 1 is 1.04 bits per heavy atom. The van der Waals surface area contributed by atoms with Crippen LogP contribution in [0, 0.1) is 13.8 Å². The van der Waals surface area contributed by atoms with Crippen molar-refractivity contribution in [2.24, 2.45) is 0 Å². The summed E-state index contributed by atoms with van der Waals surface area (Å²) in [5.74, 6) is -0.0529. The molecule has 24 heavy (non-hydrogen) atoms. The third-order valence-electron chi connectivity index (χ3n) is 3.90. The normalized spacial score (nSPS) is 11.9. The smallest absolute Gasteiger partial charge is 0.263 e. The van der Waals surface area contributed by atoms with Crippen molar-refractivity contribution in [2.45, 2.75) is 26.3 Å². The van der Waals surface area contributed by atoms with Gasteiger partial charge in [0.15, 0.2) is 0 Å². The fraction of sp³-hybridized carbons (Fsp3) is 0.200. The third-order valence-corrected chi connectivity index (χ3v) is 4.97. The van der Waals surface area contributed by atoms with E-state index in [2.05, 4.69) is 34.6 Å². The maximum atomic E-state index is 12.7. The summed E-state index contributed by atoms with van der Waals surface area (Å²) in [6, 6.07) is 20.3. The van der Waals surface area contributed by atoms with E-state index in [0.29, 0.717) is 4.88 Å². The maximum Gasteiger partial charge on any atom is 0.263 e. The Hall–Kier alpha value is -2.46. The molecule has 1 aromatic heterocycles. The van der Waals surface area contributed by atoms with Crippen LogP contribution in [0.2, 0.25) is 0 Å². The van der Waals surface area contributed by atoms with E-state index in [-0.39, 0.29) is 11.9 Å². The first-order valence-electron chi connectivity index (χ1n) is 7.97. The first-order valence-corrected chi connectivity index (χ1v) is 8.79. The van der Waals surface area contributed by atoms with E-state index in [1.54, 1.807) is 0 Å². The van der Waals surface area contributed by atoms with E-state index in [1.807, 2.05) is 50.2 Å². The standard InChI is InChI=1S/C20H20N2OS/c1-14-19(24-15(2)21-14)20(23)22-18(17-11-7-4-8-12-17)13-16-9-5-3-6-10-16/h3-12,18H,13H2,1-2H3,(H,22,23)/t18-/m0/s1. The minimum Gasteiger partial charge on any atom is -0.344 e. The van der Waals surface area contributed by atoms with Crippen LogP contribution in [0.3, 0.4) is 0 Å². The minimum absolute atomic E-state index is 0.0529. The lowest BCUT2D eigenvalue weighted by atomic mass is 9.99. The van der Waals surface area contributed by atoms with Gasteiger partial charge in [-0.25, -0.2) is 4.98 Å². The molecule has 0 radical (unpaired) electrons. The fourth-order valence-corrected chi connectivity index (χ4v) is 3.58. The van der Waals surface area contributed by atoms with Crippen molar-refractivity contribution in [3.8, 4) is 0 Å². The van der Waals surface area contributed by atoms with Crippen molar-refractivity contribution in [1.29, 1.82) is 0 Å². The molecule has 4 heteroatoms. The number of hydrogen-bond donors (Lipinski definition) is 1. The largest absolute Gasteiger partial charge is 0.344 e. The summed E-state index contributed by atoms with van der Waals surface area (Å²) >= 11 is 1.44. The lowest BCUT2D eigenvalue weighted by Gasteiger charge is -2.19. The number of carbonyl (C=O) groups excluding carboxylic acids is 1. The summed E-state index contributed by atoms with van der Waals surface area (Å²) in [5, 5.41) is 4.10. The van der Waals surface area contributed by atoms with Gasteiger partial charge in [0.05, 0.1) is 16.7 Å². The molecule has 3 nitrogen and oxygen atoms in total. The maximum absolute atomic E-state index is 12.7. The Morgan fingerprint density at radius 3 is 2.25 bits per heavy atom. The molecule has 1 N–H and O–H groups in total. The number of nitrogens with one attached hydrogen (secondary N) is 1. The highest BCUT2D eigenvalue weighted by Gasteiger charge is 2.19. The van der Waals surface area contributed by atoms with Crippen LogP contribution in [0.4, 0.5) is 0 Å². The SMILES string of the molecule is Cc1nc(C)c(C(=O)N[C@@H](Cc2ccccc2)c2ccccc2)s1. The first-order chi connectivity index (χ1) is 11.6. The van der Waals surface area contributed by atoms with Gasteiger partial charge in [0.25, 0.3) is 5.91 Å². The second-order valence-electron chi connectivity index (χ2n) is 5.77. The van der Waals surface area contributed by atoms with Crippen LogP contribution < -0.4 is 5.32 Å². The van der Waals surface area contributed by atoms with Crippen molar-refractivity contribution in [2.75, 3.05) is 0 Å². The predicted octanol–water partition coefficient (Wildman–Crippen LogP) is 4.47. The number of carbonyl (C=O) groups is 1. The van der Waals surface area contributed by atoms with Crippen LogP contribution in [-0.4, -0.2) is 10.9 Å². The summed E-state index contributed by atoms with van der Waals surface area (Å²) < 4.78 is 0. The molecule has 0 aliphatic carbocycles. The molecule has 0 saturated carbocycles. The summed E-state index contributed by atoms with van der Waals surface area (Å²) in [4.78, 5) is 17.8. The van der Waals surface area contributed by atoms with Crippen LogP contribution in [0.1, 0.15) is 37.5 Å². The number of amides is 1. The second-order valence-corrected chi connectivity index (χ2v) is 6.98. The molecule has 2 aromatic carbocycles. The number of rotatable bonds is 5. The Morgan fingerprint density at radius 2 is 1.67 bits per heavy atom. The number of thiazole rings is 1. The van der Waals surface area contributed by atoms with Gasteiger partial charge in [-0.1, -0.05) is 60.7 Å². The minimum atomic E-state index is -0.0668. The molecular formula is C20H20N2OS. The molecule has 1 atom stereocenters. The fourth-order valence-electron chi connectivity index (χ4n) is 2.75. The van der Waals surface area contributed by atoms with Crippen LogP contribution in [-0.2, 0) is 6.42 Å². The van der Waals surface area contributed by atoms with Gasteiger partial charge >= 0.3 is 0 Å². The molecule has 0 aliphatic rings. The van der Waals surface area contributed by atoms with Gasteiger partial charge in [0.1, 0.15) is 4.88 Å². The summed E-state index contributed by atoms with van der Waals surface area (Å²) in [7, 11) is 0. The predicted molar refractivity (Wildman–Crippen MR) is 98.4 cm³/mol. The zero-order chi connectivity index (χ0) is 16.9. The van der Waals surface area contributed by atoms with Gasteiger partial charge < -0.3 is 5.32 Å². The third kappa shape index (κ3) is 3.89. The molecule has 0 unspecified atom stereocenters. The quantitative estimate of drug-likeness (QED) is 0.747. The highest BCUT2D eigenvalue weighted by molar-refractivity contribution is 7.13. The van der Waals surface area contributed by atoms with Gasteiger partial charge in [-0.05, 0) is 31.4 Å². The zero-order valence-electron chi connectivity index (χ0n) is 13.8. The molecule has 0 saturated heterocycles. The molecule has 122 valence electrons. The molecular weight excluding hydrogens is 316 g/mol. The van der Waals surface area contributed by atoms with Crippen molar-refractivity contribution in [1.82, 2.24) is 10.3 Å². The van der Waals surface area contributed by atoms with Crippen LogP contribution in [0.25, 0.3) is 0 Å². The molecule has 0 bridgehead atoms. The molecule has 0 fully saturated rings. The monoisotopic (exact) mass is 336 g/mol. The highest BCUT2D eigenvalue weighted by Crippen LogP contribution is 2.22. The summed E-state index contributed by atoms with van der Waals surface area (Å²) in [6.07, 6.45) is 0.757. The van der Waals surface area contributed by atoms with Crippen molar-refractivity contribution in [3.63, 3.8) is 0 Å². The Balaban J connectivity index is 1.85. The second kappa shape index (κ2) is 7.41. The number of aryl methyl sites for hydroxylation is 2. The van der Waals surface area contributed by atoms with Crippen molar-refractivity contribution in [3.05, 3.63) is 87.4 Å². The van der Waals surface area contributed by atoms with E-state index >= 15 is 0 Å². The highest BCUT2D eigenvalue weighted by atomic mass is 32.1. The molecule has 0 aliphatic heterocycles. The van der Waals surface area contributed by atoms with E-state index in [0.717, 1.165) is 22.7 Å². The Labute approximate surface area is 146 Å². The zero-order valence-corrected chi connectivity index (χ0v) is 14.6. The Bertz CT molecular complexity index is 812. The van der Waals surface area contributed by atoms with Crippen LogP contribution >= 0.6 is 11.3 Å². The molecule has 1 heterocycles. The first kappa shape index (κ1) is 16.4. The lowest BCUT2D eigenvalue weighted by molar-refractivity contribution is 0.0940. The van der Waals surface area contributed by atoms with Gasteiger partial charge in [-0.15, -0.1) is 11.3 Å². The van der Waals surface area contributed by atoms with Gasteiger partial charge in [-0.2, -0.15) is 0 Å². The van der Waals surface area contributed by atoms with Gasteiger partial charge in [0, 0.05) is 0 Å². The van der Waals surface area contributed by atoms with E-state index in [4.69, 9.17) is 0 Å². The number of nitrogens with zero attached hydrogens (tertiary/aromatic N) is 1. The van der Waals surface area contributed by atoms with Gasteiger partial charge in [0.2, 0.25) is 0 Å². The molecule has 1 amide bonds. The van der Waals surface area contributed by atoms with Crippen molar-refractivity contribution >= 4 is 17.2 Å².